The monoisotopic (exact) mass is 514 g/mol. The van der Waals surface area contributed by atoms with E-state index in [9.17, 15) is 15.3 Å². The lowest BCUT2D eigenvalue weighted by Gasteiger charge is -2.41. The van der Waals surface area contributed by atoms with E-state index in [-0.39, 0.29) is 24.1 Å². The van der Waals surface area contributed by atoms with Crippen LogP contribution >= 0.6 is 0 Å². The summed E-state index contributed by atoms with van der Waals surface area (Å²) >= 11 is 0. The maximum absolute atomic E-state index is 10.3. The second-order valence-corrected chi connectivity index (χ2v) is 10.7. The molecule has 3 N–H and O–H groups in total. The van der Waals surface area contributed by atoms with Crippen molar-refractivity contribution < 1.29 is 20.1 Å². The summed E-state index contributed by atoms with van der Waals surface area (Å²) in [5, 5.41) is 30.6. The first-order valence-corrected chi connectivity index (χ1v) is 13.5. The lowest BCUT2D eigenvalue weighted by molar-refractivity contribution is 0.169. The number of β-amino-alcohol motifs (C(OH)–C–C–N with tert-alkyl or cyclic N) is 1. The van der Waals surface area contributed by atoms with E-state index in [1.54, 1.807) is 24.3 Å². The van der Waals surface area contributed by atoms with E-state index < -0.39 is 0 Å². The van der Waals surface area contributed by atoms with Gasteiger partial charge in [-0.05, 0) is 97.5 Å². The third-order valence-corrected chi connectivity index (χ3v) is 7.95. The number of phenols is 2. The average Bonchev–Trinajstić information content (AvgIpc) is 3.35. The number of aliphatic hydroxyl groups excluding tert-OH is 1. The molecule has 2 aliphatic rings. The van der Waals surface area contributed by atoms with Gasteiger partial charge in [-0.2, -0.15) is 0 Å². The number of hydrogen-bond acceptors (Lipinski definition) is 6. The quantitative estimate of drug-likeness (QED) is 0.359. The third kappa shape index (κ3) is 5.24. The number of rotatable bonds is 8. The third-order valence-electron chi connectivity index (χ3n) is 7.95. The molecule has 0 bridgehead atoms. The van der Waals surface area contributed by atoms with E-state index in [1.807, 2.05) is 30.3 Å². The predicted molar refractivity (Wildman–Crippen MR) is 153 cm³/mol. The largest absolute Gasteiger partial charge is 0.508 e. The van der Waals surface area contributed by atoms with Crippen LogP contribution in [0, 0.1) is 5.92 Å². The number of allylic oxidation sites excluding steroid dienone is 1. The van der Waals surface area contributed by atoms with Crippen LogP contribution in [-0.4, -0.2) is 59.1 Å². The Bertz CT molecular complexity index is 1300. The van der Waals surface area contributed by atoms with E-state index in [1.165, 1.54) is 6.42 Å². The zero-order chi connectivity index (χ0) is 26.8. The molecular weight excluding hydrogens is 476 g/mol. The first-order chi connectivity index (χ1) is 18.4. The molecule has 0 amide bonds. The van der Waals surface area contributed by atoms with Crippen molar-refractivity contribution in [1.82, 2.24) is 4.90 Å². The Balaban J connectivity index is 1.49. The minimum Gasteiger partial charge on any atom is -0.508 e. The van der Waals surface area contributed by atoms with Crippen molar-refractivity contribution in [3.63, 3.8) is 0 Å². The Morgan fingerprint density at radius 2 is 1.76 bits per heavy atom. The maximum Gasteiger partial charge on any atom is 0.119 e. The molecule has 1 saturated heterocycles. The number of likely N-dealkylation sites (tertiary alicyclic amines) is 1. The zero-order valence-corrected chi connectivity index (χ0v) is 22.5. The van der Waals surface area contributed by atoms with Crippen molar-refractivity contribution in [3.8, 4) is 17.2 Å². The minimum atomic E-state index is -0.194. The Kier molecular flexibility index (Phi) is 7.63. The molecule has 0 aliphatic carbocycles. The molecule has 0 aromatic heterocycles. The van der Waals surface area contributed by atoms with Gasteiger partial charge in [-0.3, -0.25) is 4.90 Å². The number of anilines is 1. The van der Waals surface area contributed by atoms with Crippen LogP contribution in [0.5, 0.6) is 17.2 Å². The van der Waals surface area contributed by atoms with E-state index >= 15 is 0 Å². The van der Waals surface area contributed by atoms with Crippen molar-refractivity contribution in [2.75, 3.05) is 37.7 Å². The Labute approximate surface area is 225 Å². The Morgan fingerprint density at radius 3 is 2.45 bits per heavy atom. The van der Waals surface area contributed by atoms with Gasteiger partial charge in [0.25, 0.3) is 0 Å². The van der Waals surface area contributed by atoms with E-state index in [4.69, 9.17) is 4.74 Å². The molecule has 3 atom stereocenters. The number of aliphatic hydroxyl groups is 1. The molecule has 0 spiro atoms. The van der Waals surface area contributed by atoms with Crippen molar-refractivity contribution in [2.45, 2.75) is 39.3 Å². The molecule has 5 rings (SSSR count). The highest BCUT2D eigenvalue weighted by molar-refractivity contribution is 6.00. The summed E-state index contributed by atoms with van der Waals surface area (Å²) < 4.78 is 6.18. The Morgan fingerprint density at radius 1 is 1.00 bits per heavy atom. The van der Waals surface area contributed by atoms with Gasteiger partial charge >= 0.3 is 0 Å². The van der Waals surface area contributed by atoms with Crippen LogP contribution in [0.1, 0.15) is 49.9 Å². The summed E-state index contributed by atoms with van der Waals surface area (Å²) in [6, 6.07) is 21.0. The smallest absolute Gasteiger partial charge is 0.119 e. The fourth-order valence-electron chi connectivity index (χ4n) is 5.91. The minimum absolute atomic E-state index is 0.0165. The van der Waals surface area contributed by atoms with Crippen LogP contribution in [0.3, 0.4) is 0 Å². The van der Waals surface area contributed by atoms with Gasteiger partial charge < -0.3 is 25.0 Å². The molecular formula is C32H38N2O4. The molecule has 6 heteroatoms. The maximum atomic E-state index is 10.3. The fraction of sp³-hybridized carbons (Fsp3) is 0.375. The lowest BCUT2D eigenvalue weighted by atomic mass is 9.81. The summed E-state index contributed by atoms with van der Waals surface area (Å²) in [4.78, 5) is 4.67. The number of fused-ring (bicyclic) bond motifs is 1. The summed E-state index contributed by atoms with van der Waals surface area (Å²) in [7, 11) is 0. The van der Waals surface area contributed by atoms with E-state index in [0.717, 1.165) is 58.3 Å². The number of aromatic hydroxyl groups is 2. The topological polar surface area (TPSA) is 76.4 Å². The SMILES string of the molecule is CC1=C(c2cccc(O)c2)C(c2ccc(OC[C@H](C)N3CC[C@@H](C)C3)cc2)N(CCO)c2ccc(O)cc21. The number of hydrogen-bond donors (Lipinski definition) is 3. The first-order valence-electron chi connectivity index (χ1n) is 13.5. The van der Waals surface area contributed by atoms with Gasteiger partial charge in [0.2, 0.25) is 0 Å². The van der Waals surface area contributed by atoms with Gasteiger partial charge in [0.15, 0.2) is 0 Å². The van der Waals surface area contributed by atoms with Gasteiger partial charge in [0.1, 0.15) is 23.9 Å². The Hall–Kier alpha value is -3.48. The van der Waals surface area contributed by atoms with Crippen LogP contribution in [0.25, 0.3) is 11.1 Å². The molecule has 38 heavy (non-hydrogen) atoms. The molecule has 1 unspecified atom stereocenters. The lowest BCUT2D eigenvalue weighted by Crippen LogP contribution is -2.35. The number of benzene rings is 3. The molecule has 6 nitrogen and oxygen atoms in total. The van der Waals surface area contributed by atoms with Crippen molar-refractivity contribution in [3.05, 3.63) is 83.4 Å². The number of phenolic OH excluding ortho intramolecular Hbond substituents is 2. The van der Waals surface area contributed by atoms with Crippen molar-refractivity contribution >= 4 is 16.8 Å². The predicted octanol–water partition coefficient (Wildman–Crippen LogP) is 5.69. The highest BCUT2D eigenvalue weighted by atomic mass is 16.5. The molecule has 3 aromatic carbocycles. The number of nitrogens with zero attached hydrogens (tertiary/aromatic N) is 2. The van der Waals surface area contributed by atoms with Gasteiger partial charge in [-0.25, -0.2) is 0 Å². The molecule has 1 fully saturated rings. The van der Waals surface area contributed by atoms with Crippen LogP contribution in [0.2, 0.25) is 0 Å². The second kappa shape index (κ2) is 11.1. The van der Waals surface area contributed by atoms with Crippen LogP contribution < -0.4 is 9.64 Å². The van der Waals surface area contributed by atoms with E-state index in [0.29, 0.717) is 19.2 Å². The van der Waals surface area contributed by atoms with Crippen LogP contribution in [0.4, 0.5) is 5.69 Å². The molecule has 200 valence electrons. The fourth-order valence-corrected chi connectivity index (χ4v) is 5.91. The highest BCUT2D eigenvalue weighted by Gasteiger charge is 2.34. The molecule has 2 aliphatic heterocycles. The van der Waals surface area contributed by atoms with Gasteiger partial charge in [-0.15, -0.1) is 0 Å². The summed E-state index contributed by atoms with van der Waals surface area (Å²) in [5.41, 5.74) is 5.88. The number of ether oxygens (including phenoxy) is 1. The van der Waals surface area contributed by atoms with E-state index in [2.05, 4.69) is 42.7 Å². The van der Waals surface area contributed by atoms with Gasteiger partial charge in [0.05, 0.1) is 12.6 Å². The van der Waals surface area contributed by atoms with Crippen molar-refractivity contribution in [2.24, 2.45) is 5.92 Å². The molecule has 3 aromatic rings. The van der Waals surface area contributed by atoms with Crippen molar-refractivity contribution in [1.29, 1.82) is 0 Å². The van der Waals surface area contributed by atoms with Gasteiger partial charge in [0, 0.05) is 30.4 Å². The summed E-state index contributed by atoms with van der Waals surface area (Å²) in [6.45, 7) is 9.91. The molecule has 0 saturated carbocycles. The first kappa shape index (κ1) is 26.1. The molecule has 0 radical (unpaired) electrons. The molecule has 2 heterocycles. The van der Waals surface area contributed by atoms with Crippen LogP contribution in [-0.2, 0) is 0 Å². The van der Waals surface area contributed by atoms with Crippen LogP contribution in [0.15, 0.2) is 66.7 Å². The summed E-state index contributed by atoms with van der Waals surface area (Å²) in [6.07, 6.45) is 1.25. The standard InChI is InChI=1S/C32H38N2O4/c1-21-13-14-33(19-21)22(2)20-38-28-10-7-24(8-11-28)32-31(25-5-4-6-26(36)17-25)23(3)29-18-27(37)9-12-30(29)34(32)15-16-35/h4-12,17-18,21-22,32,35-37H,13-16,19-20H2,1-3H3/t21-,22+,32?/m1/s1. The average molecular weight is 515 g/mol. The summed E-state index contributed by atoms with van der Waals surface area (Å²) in [5.74, 6) is 1.98. The van der Waals surface area contributed by atoms with Gasteiger partial charge in [-0.1, -0.05) is 31.2 Å². The zero-order valence-electron chi connectivity index (χ0n) is 22.5. The normalized spacial score (nSPS) is 20.5. The highest BCUT2D eigenvalue weighted by Crippen LogP contribution is 2.50. The second-order valence-electron chi connectivity index (χ2n) is 10.7.